The molecule has 1 aromatic rings. The molecule has 4 heteroatoms. The first-order chi connectivity index (χ1) is 6.99. The monoisotopic (exact) mass is 218 g/mol. The summed E-state index contributed by atoms with van der Waals surface area (Å²) < 4.78 is 37.3. The van der Waals surface area contributed by atoms with Crippen LogP contribution >= 0.6 is 0 Å². The van der Waals surface area contributed by atoms with Gasteiger partial charge in [-0.2, -0.15) is 13.2 Å². The van der Waals surface area contributed by atoms with Gasteiger partial charge in [-0.25, -0.2) is 0 Å². The number of halogens is 3. The fourth-order valence-electron chi connectivity index (χ4n) is 1.38. The highest BCUT2D eigenvalue weighted by Gasteiger charge is 2.40. The van der Waals surface area contributed by atoms with Gasteiger partial charge in [0.05, 0.1) is 6.61 Å². The highest BCUT2D eigenvalue weighted by Crippen LogP contribution is 2.34. The van der Waals surface area contributed by atoms with E-state index in [4.69, 9.17) is 5.11 Å². The van der Waals surface area contributed by atoms with Crippen LogP contribution in [0.3, 0.4) is 0 Å². The van der Waals surface area contributed by atoms with E-state index in [1.807, 2.05) is 6.92 Å². The Kier molecular flexibility index (Phi) is 3.74. The average Bonchev–Trinajstić information content (AvgIpc) is 2.18. The molecule has 0 aliphatic rings. The molecule has 1 aromatic carbocycles. The number of alkyl halides is 3. The predicted octanol–water partition coefficient (Wildman–Crippen LogP) is 2.89. The quantitative estimate of drug-likeness (QED) is 0.827. The smallest absolute Gasteiger partial charge is 0.395 e. The molecule has 1 unspecified atom stereocenters. The molecular weight excluding hydrogens is 205 g/mol. The van der Waals surface area contributed by atoms with Gasteiger partial charge in [-0.3, -0.25) is 0 Å². The molecule has 0 amide bonds. The van der Waals surface area contributed by atoms with Gasteiger partial charge in [-0.05, 0) is 17.5 Å². The van der Waals surface area contributed by atoms with E-state index in [-0.39, 0.29) is 5.56 Å². The van der Waals surface area contributed by atoms with E-state index in [0.717, 1.165) is 12.0 Å². The first kappa shape index (κ1) is 12.0. The summed E-state index contributed by atoms with van der Waals surface area (Å²) in [5, 5.41) is 8.72. The third-order valence-corrected chi connectivity index (χ3v) is 2.37. The van der Waals surface area contributed by atoms with Crippen molar-refractivity contribution in [1.29, 1.82) is 0 Å². The number of rotatable bonds is 3. The van der Waals surface area contributed by atoms with Crippen molar-refractivity contribution in [3.63, 3.8) is 0 Å². The second-order valence-electron chi connectivity index (χ2n) is 3.37. The lowest BCUT2D eigenvalue weighted by atomic mass is 9.98. The van der Waals surface area contributed by atoms with E-state index in [0.29, 0.717) is 0 Å². The van der Waals surface area contributed by atoms with Crippen LogP contribution in [0.4, 0.5) is 13.2 Å². The predicted molar refractivity (Wildman–Crippen MR) is 51.7 cm³/mol. The minimum absolute atomic E-state index is 0.113. The first-order valence-corrected chi connectivity index (χ1v) is 4.75. The lowest BCUT2D eigenvalue weighted by Crippen LogP contribution is -2.23. The molecule has 1 N–H and O–H groups in total. The number of aliphatic hydroxyl groups excluding tert-OH is 1. The highest BCUT2D eigenvalue weighted by atomic mass is 19.4. The van der Waals surface area contributed by atoms with Gasteiger partial charge in [0, 0.05) is 0 Å². The van der Waals surface area contributed by atoms with Crippen LogP contribution in [0.15, 0.2) is 24.3 Å². The average molecular weight is 218 g/mol. The second kappa shape index (κ2) is 4.66. The molecule has 0 fully saturated rings. The maximum absolute atomic E-state index is 12.4. The second-order valence-corrected chi connectivity index (χ2v) is 3.37. The molecule has 1 nitrogen and oxygen atoms in total. The van der Waals surface area contributed by atoms with Crippen LogP contribution < -0.4 is 0 Å². The van der Waals surface area contributed by atoms with Crippen LogP contribution in [0, 0.1) is 0 Å². The summed E-state index contributed by atoms with van der Waals surface area (Å²) in [6, 6.07) is 6.16. The van der Waals surface area contributed by atoms with Gasteiger partial charge < -0.3 is 5.11 Å². The molecule has 0 saturated carbocycles. The SMILES string of the molecule is CCc1ccc(C(CO)C(F)(F)F)cc1. The maximum atomic E-state index is 12.4. The highest BCUT2D eigenvalue weighted by molar-refractivity contribution is 5.26. The Morgan fingerprint density at radius 2 is 1.73 bits per heavy atom. The van der Waals surface area contributed by atoms with Crippen LogP contribution in [0.2, 0.25) is 0 Å². The van der Waals surface area contributed by atoms with Crippen molar-refractivity contribution >= 4 is 0 Å². The molecule has 0 bridgehead atoms. The van der Waals surface area contributed by atoms with E-state index in [1.165, 1.54) is 12.1 Å². The van der Waals surface area contributed by atoms with Gasteiger partial charge in [0.15, 0.2) is 0 Å². The summed E-state index contributed by atoms with van der Waals surface area (Å²) in [5.74, 6) is -1.77. The lowest BCUT2D eigenvalue weighted by Gasteiger charge is -2.18. The fraction of sp³-hybridized carbons (Fsp3) is 0.455. The summed E-state index contributed by atoms with van der Waals surface area (Å²) in [6.45, 7) is 1.03. The van der Waals surface area contributed by atoms with Crippen molar-refractivity contribution in [3.05, 3.63) is 35.4 Å². The third-order valence-electron chi connectivity index (χ3n) is 2.37. The molecule has 0 saturated heterocycles. The van der Waals surface area contributed by atoms with Crippen LogP contribution in [0.25, 0.3) is 0 Å². The fourth-order valence-corrected chi connectivity index (χ4v) is 1.38. The Morgan fingerprint density at radius 1 is 1.20 bits per heavy atom. The summed E-state index contributed by atoms with van der Waals surface area (Å²) in [4.78, 5) is 0. The van der Waals surface area contributed by atoms with Gasteiger partial charge in [-0.1, -0.05) is 31.2 Å². The Labute approximate surface area is 86.5 Å². The van der Waals surface area contributed by atoms with Gasteiger partial charge in [-0.15, -0.1) is 0 Å². The Balaban J connectivity index is 2.93. The van der Waals surface area contributed by atoms with Gasteiger partial charge >= 0.3 is 6.18 Å². The van der Waals surface area contributed by atoms with Gasteiger partial charge in [0.25, 0.3) is 0 Å². The molecular formula is C11H13F3O. The van der Waals surface area contributed by atoms with Crippen molar-refractivity contribution in [2.24, 2.45) is 0 Å². The summed E-state index contributed by atoms with van der Waals surface area (Å²) in [7, 11) is 0. The van der Waals surface area contributed by atoms with Crippen molar-refractivity contribution in [3.8, 4) is 0 Å². The summed E-state index contributed by atoms with van der Waals surface area (Å²) in [6.07, 6.45) is -3.60. The van der Waals surface area contributed by atoms with E-state index < -0.39 is 18.7 Å². The molecule has 0 aromatic heterocycles. The minimum Gasteiger partial charge on any atom is -0.395 e. The lowest BCUT2D eigenvalue weighted by molar-refractivity contribution is -0.158. The summed E-state index contributed by atoms with van der Waals surface area (Å²) in [5.41, 5.74) is 1.10. The first-order valence-electron chi connectivity index (χ1n) is 4.75. The molecule has 15 heavy (non-hydrogen) atoms. The Hall–Kier alpha value is -1.03. The number of hydrogen-bond donors (Lipinski definition) is 1. The van der Waals surface area contributed by atoms with E-state index in [1.54, 1.807) is 12.1 Å². The molecule has 0 aliphatic carbocycles. The number of aryl methyl sites for hydroxylation is 1. The topological polar surface area (TPSA) is 20.2 Å². The van der Waals surface area contributed by atoms with Crippen molar-refractivity contribution in [1.82, 2.24) is 0 Å². The number of benzene rings is 1. The molecule has 0 radical (unpaired) electrons. The standard InChI is InChI=1S/C11H13F3O/c1-2-8-3-5-9(6-4-8)10(7-15)11(12,13)14/h3-6,10,15H,2,7H2,1H3. The zero-order valence-corrected chi connectivity index (χ0v) is 8.38. The van der Waals surface area contributed by atoms with Gasteiger partial charge in [0.1, 0.15) is 5.92 Å². The van der Waals surface area contributed by atoms with Gasteiger partial charge in [0.2, 0.25) is 0 Å². The largest absolute Gasteiger partial charge is 0.397 e. The maximum Gasteiger partial charge on any atom is 0.397 e. The molecule has 0 aliphatic heterocycles. The Morgan fingerprint density at radius 3 is 2.07 bits per heavy atom. The molecule has 0 heterocycles. The van der Waals surface area contributed by atoms with Crippen molar-refractivity contribution in [2.75, 3.05) is 6.61 Å². The zero-order chi connectivity index (χ0) is 11.5. The van der Waals surface area contributed by atoms with Crippen molar-refractivity contribution < 1.29 is 18.3 Å². The molecule has 1 rings (SSSR count). The van der Waals surface area contributed by atoms with Crippen molar-refractivity contribution in [2.45, 2.75) is 25.4 Å². The normalized spacial score (nSPS) is 13.9. The zero-order valence-electron chi connectivity index (χ0n) is 8.38. The molecule has 0 spiro atoms. The van der Waals surface area contributed by atoms with E-state index in [9.17, 15) is 13.2 Å². The number of hydrogen-bond acceptors (Lipinski definition) is 1. The van der Waals surface area contributed by atoms with Crippen LogP contribution in [0.5, 0.6) is 0 Å². The van der Waals surface area contributed by atoms with E-state index in [2.05, 4.69) is 0 Å². The van der Waals surface area contributed by atoms with Crippen LogP contribution in [-0.4, -0.2) is 17.9 Å². The number of aliphatic hydroxyl groups is 1. The Bertz CT molecular complexity index is 303. The summed E-state index contributed by atoms with van der Waals surface area (Å²) >= 11 is 0. The van der Waals surface area contributed by atoms with Crippen LogP contribution in [0.1, 0.15) is 24.0 Å². The molecule has 1 atom stereocenters. The third kappa shape index (κ3) is 2.96. The molecule has 84 valence electrons. The minimum atomic E-state index is -4.39. The van der Waals surface area contributed by atoms with Crippen LogP contribution in [-0.2, 0) is 6.42 Å². The van der Waals surface area contributed by atoms with E-state index >= 15 is 0 Å².